The molecule has 35 heavy (non-hydrogen) atoms. The van der Waals surface area contributed by atoms with Gasteiger partial charge in [0.15, 0.2) is 5.13 Å². The average molecular weight is 477 g/mol. The number of amides is 2. The summed E-state index contributed by atoms with van der Waals surface area (Å²) >= 11 is 1.34. The molecule has 0 saturated carbocycles. The molecule has 0 fully saturated rings. The third-order valence-electron chi connectivity index (χ3n) is 6.22. The SMILES string of the molecule is O=C(Nc1nccs1)C(c1ccccc1)N1Cc2ccc(-c3cccc4cccnc34)cc2C1=O. The molecule has 1 aliphatic rings. The van der Waals surface area contributed by atoms with Crippen LogP contribution in [0.4, 0.5) is 5.13 Å². The number of carbonyl (C=O) groups is 2. The minimum absolute atomic E-state index is 0.168. The van der Waals surface area contributed by atoms with E-state index in [9.17, 15) is 9.59 Å². The molecule has 5 aromatic rings. The van der Waals surface area contributed by atoms with Crippen LogP contribution in [-0.2, 0) is 11.3 Å². The van der Waals surface area contributed by atoms with Crippen LogP contribution >= 0.6 is 11.3 Å². The van der Waals surface area contributed by atoms with Gasteiger partial charge in [-0.15, -0.1) is 11.3 Å². The van der Waals surface area contributed by atoms with Gasteiger partial charge in [0, 0.05) is 40.8 Å². The molecule has 3 heterocycles. The zero-order valence-corrected chi connectivity index (χ0v) is 19.4. The fourth-order valence-corrected chi connectivity index (χ4v) is 5.14. The molecule has 0 aliphatic carbocycles. The summed E-state index contributed by atoms with van der Waals surface area (Å²) in [6, 6.07) is 24.5. The highest BCUT2D eigenvalue weighted by molar-refractivity contribution is 7.13. The van der Waals surface area contributed by atoms with E-state index in [0.717, 1.165) is 33.2 Å². The van der Waals surface area contributed by atoms with Crippen molar-refractivity contribution in [3.05, 3.63) is 113 Å². The predicted octanol–water partition coefficient (Wildman–Crippen LogP) is 5.69. The van der Waals surface area contributed by atoms with Gasteiger partial charge in [0.2, 0.25) is 0 Å². The zero-order valence-electron chi connectivity index (χ0n) is 18.6. The number of benzene rings is 3. The maximum Gasteiger partial charge on any atom is 0.255 e. The number of anilines is 1. The molecule has 7 heteroatoms. The van der Waals surface area contributed by atoms with Crippen molar-refractivity contribution in [2.45, 2.75) is 12.6 Å². The summed E-state index contributed by atoms with van der Waals surface area (Å²) in [5.41, 5.74) is 5.04. The number of hydrogen-bond donors (Lipinski definition) is 1. The van der Waals surface area contributed by atoms with Crippen LogP contribution in [0.15, 0.2) is 96.6 Å². The smallest absolute Gasteiger partial charge is 0.255 e. The molecule has 2 amide bonds. The summed E-state index contributed by atoms with van der Waals surface area (Å²) in [4.78, 5) is 37.4. The van der Waals surface area contributed by atoms with Crippen molar-refractivity contribution in [3.8, 4) is 11.1 Å². The first-order valence-corrected chi connectivity index (χ1v) is 12.1. The number of nitrogens with one attached hydrogen (secondary N) is 1. The Morgan fingerprint density at radius 3 is 2.60 bits per heavy atom. The molecule has 3 aromatic carbocycles. The quantitative estimate of drug-likeness (QED) is 0.353. The van der Waals surface area contributed by atoms with Crippen molar-refractivity contribution in [3.63, 3.8) is 0 Å². The molecule has 0 saturated heterocycles. The van der Waals surface area contributed by atoms with Crippen LogP contribution < -0.4 is 5.32 Å². The van der Waals surface area contributed by atoms with Crippen molar-refractivity contribution < 1.29 is 9.59 Å². The molecule has 1 aliphatic heterocycles. The molecule has 1 N–H and O–H groups in total. The molecule has 1 unspecified atom stereocenters. The number of carbonyl (C=O) groups excluding carboxylic acids is 2. The van der Waals surface area contributed by atoms with Gasteiger partial charge in [-0.3, -0.25) is 19.9 Å². The van der Waals surface area contributed by atoms with Crippen LogP contribution in [-0.4, -0.2) is 26.7 Å². The maximum atomic E-state index is 13.7. The van der Waals surface area contributed by atoms with E-state index in [1.807, 2.05) is 78.9 Å². The van der Waals surface area contributed by atoms with E-state index in [4.69, 9.17) is 0 Å². The Labute approximate surface area is 205 Å². The summed E-state index contributed by atoms with van der Waals surface area (Å²) in [6.45, 7) is 0.354. The predicted molar refractivity (Wildman–Crippen MR) is 137 cm³/mol. The van der Waals surface area contributed by atoms with Gasteiger partial charge >= 0.3 is 0 Å². The Balaban J connectivity index is 1.37. The van der Waals surface area contributed by atoms with Crippen molar-refractivity contribution in [2.24, 2.45) is 0 Å². The Hall–Kier alpha value is -4.36. The molecule has 6 nitrogen and oxygen atoms in total. The van der Waals surface area contributed by atoms with Crippen molar-refractivity contribution in [1.82, 2.24) is 14.9 Å². The summed E-state index contributed by atoms with van der Waals surface area (Å²) in [7, 11) is 0. The molecule has 0 radical (unpaired) electrons. The van der Waals surface area contributed by atoms with E-state index < -0.39 is 6.04 Å². The lowest BCUT2D eigenvalue weighted by molar-refractivity contribution is -0.120. The van der Waals surface area contributed by atoms with Gasteiger partial charge in [-0.05, 0) is 28.8 Å². The lowest BCUT2D eigenvalue weighted by Crippen LogP contribution is -2.37. The molecular formula is C28H20N4O2S. The van der Waals surface area contributed by atoms with Crippen LogP contribution in [0.1, 0.15) is 27.5 Å². The van der Waals surface area contributed by atoms with E-state index in [1.54, 1.807) is 22.7 Å². The van der Waals surface area contributed by atoms with Crippen LogP contribution in [0.2, 0.25) is 0 Å². The fraction of sp³-hybridized carbons (Fsp3) is 0.0714. The van der Waals surface area contributed by atoms with Crippen molar-refractivity contribution >= 4 is 39.2 Å². The number of thiazole rings is 1. The fourth-order valence-electron chi connectivity index (χ4n) is 4.60. The minimum atomic E-state index is -0.775. The highest BCUT2D eigenvalue weighted by Gasteiger charge is 2.37. The number of hydrogen-bond acceptors (Lipinski definition) is 5. The summed E-state index contributed by atoms with van der Waals surface area (Å²) < 4.78 is 0. The normalized spacial score (nSPS) is 13.6. The molecule has 0 bridgehead atoms. The lowest BCUT2D eigenvalue weighted by atomic mass is 9.98. The van der Waals surface area contributed by atoms with Gasteiger partial charge < -0.3 is 4.90 Å². The number of nitrogens with zero attached hydrogens (tertiary/aromatic N) is 3. The highest BCUT2D eigenvalue weighted by atomic mass is 32.1. The summed E-state index contributed by atoms with van der Waals surface area (Å²) in [5.74, 6) is -0.455. The Bertz CT molecular complexity index is 1550. The van der Waals surface area contributed by atoms with Gasteiger partial charge in [-0.2, -0.15) is 0 Å². The Kier molecular flexibility index (Phi) is 5.31. The molecule has 6 rings (SSSR count). The van der Waals surface area contributed by atoms with E-state index in [0.29, 0.717) is 17.2 Å². The second kappa shape index (κ2) is 8.77. The van der Waals surface area contributed by atoms with E-state index in [2.05, 4.69) is 15.3 Å². The number of fused-ring (bicyclic) bond motifs is 2. The van der Waals surface area contributed by atoms with E-state index >= 15 is 0 Å². The highest BCUT2D eigenvalue weighted by Crippen LogP contribution is 2.36. The zero-order chi connectivity index (χ0) is 23.8. The number of rotatable bonds is 5. The van der Waals surface area contributed by atoms with Crippen LogP contribution in [0.5, 0.6) is 0 Å². The van der Waals surface area contributed by atoms with Crippen molar-refractivity contribution in [2.75, 3.05) is 5.32 Å². The van der Waals surface area contributed by atoms with Gasteiger partial charge in [-0.1, -0.05) is 66.7 Å². The Morgan fingerprint density at radius 1 is 0.914 bits per heavy atom. The lowest BCUT2D eigenvalue weighted by Gasteiger charge is -2.27. The molecule has 1 atom stereocenters. The third kappa shape index (κ3) is 3.86. The summed E-state index contributed by atoms with van der Waals surface area (Å²) in [6.07, 6.45) is 3.41. The summed E-state index contributed by atoms with van der Waals surface area (Å²) in [5, 5.41) is 6.22. The molecule has 0 spiro atoms. The van der Waals surface area contributed by atoms with Crippen LogP contribution in [0, 0.1) is 0 Å². The maximum absolute atomic E-state index is 13.7. The molecule has 170 valence electrons. The monoisotopic (exact) mass is 476 g/mol. The Morgan fingerprint density at radius 2 is 1.77 bits per heavy atom. The van der Waals surface area contributed by atoms with Gasteiger partial charge in [0.1, 0.15) is 6.04 Å². The molecular weight excluding hydrogens is 456 g/mol. The van der Waals surface area contributed by atoms with E-state index in [-0.39, 0.29) is 11.8 Å². The molecule has 2 aromatic heterocycles. The second-order valence-electron chi connectivity index (χ2n) is 8.33. The number of pyridine rings is 1. The van der Waals surface area contributed by atoms with Crippen LogP contribution in [0.25, 0.3) is 22.0 Å². The topological polar surface area (TPSA) is 75.2 Å². The number of para-hydroxylation sites is 1. The van der Waals surface area contributed by atoms with Gasteiger partial charge in [0.25, 0.3) is 11.8 Å². The first-order valence-electron chi connectivity index (χ1n) is 11.2. The van der Waals surface area contributed by atoms with Gasteiger partial charge in [0.05, 0.1) is 5.52 Å². The first kappa shape index (κ1) is 21.2. The second-order valence-corrected chi connectivity index (χ2v) is 9.22. The largest absolute Gasteiger partial charge is 0.318 e. The number of aromatic nitrogens is 2. The van der Waals surface area contributed by atoms with E-state index in [1.165, 1.54) is 11.3 Å². The standard InChI is InChI=1S/C28H20N4O2S/c33-26(31-28-30-14-15-35-28)25(19-6-2-1-3-7-19)32-17-21-12-11-20(16-23(21)27(32)34)22-10-4-8-18-9-5-13-29-24(18)22/h1-16,25H,17H2,(H,30,31,33). The third-order valence-corrected chi connectivity index (χ3v) is 6.91. The van der Waals surface area contributed by atoms with Gasteiger partial charge in [-0.25, -0.2) is 4.98 Å². The average Bonchev–Trinajstić information content (AvgIpc) is 3.52. The van der Waals surface area contributed by atoms with Crippen molar-refractivity contribution in [1.29, 1.82) is 0 Å². The first-order chi connectivity index (χ1) is 17.2. The minimum Gasteiger partial charge on any atom is -0.318 e. The van der Waals surface area contributed by atoms with Crippen LogP contribution in [0.3, 0.4) is 0 Å².